The van der Waals surface area contributed by atoms with E-state index < -0.39 is 0 Å². The molecule has 0 bridgehead atoms. The predicted octanol–water partition coefficient (Wildman–Crippen LogP) is -1.04. The fourth-order valence-corrected chi connectivity index (χ4v) is 0.717. The van der Waals surface area contributed by atoms with Gasteiger partial charge in [0.2, 0.25) is 5.91 Å². The van der Waals surface area contributed by atoms with Crippen LogP contribution in [0.15, 0.2) is 0 Å². The second kappa shape index (κ2) is 4.29. The van der Waals surface area contributed by atoms with E-state index in [1.54, 1.807) is 0 Å². The standard InChI is InChI=1S/C5H9NO.H4N2/c1-4-2-3-6-5(4)7;1-2/h4H,2-3H2,1H3,(H,6,7);1-2H2. The summed E-state index contributed by atoms with van der Waals surface area (Å²) in [6, 6.07) is 0. The molecule has 5 N–H and O–H groups in total. The Morgan fingerprint density at radius 1 is 1.67 bits per heavy atom. The average molecular weight is 131 g/mol. The fourth-order valence-electron chi connectivity index (χ4n) is 0.717. The van der Waals surface area contributed by atoms with Crippen molar-refractivity contribution in [3.8, 4) is 0 Å². The summed E-state index contributed by atoms with van der Waals surface area (Å²) in [6.45, 7) is 2.82. The highest BCUT2D eigenvalue weighted by Gasteiger charge is 2.17. The Kier molecular flexibility index (Phi) is 4.00. The number of nitrogens with one attached hydrogen (secondary N) is 1. The van der Waals surface area contributed by atoms with Crippen LogP contribution in [0.4, 0.5) is 0 Å². The Hall–Kier alpha value is -0.610. The van der Waals surface area contributed by atoms with Crippen LogP contribution in [0, 0.1) is 5.92 Å². The molecule has 0 aromatic carbocycles. The molecule has 1 unspecified atom stereocenters. The molecule has 9 heavy (non-hydrogen) atoms. The first-order chi connectivity index (χ1) is 4.30. The summed E-state index contributed by atoms with van der Waals surface area (Å²) in [5.74, 6) is 8.47. The normalized spacial score (nSPS) is 24.3. The van der Waals surface area contributed by atoms with Crippen molar-refractivity contribution in [1.82, 2.24) is 5.32 Å². The number of hydrazine groups is 1. The number of amides is 1. The highest BCUT2D eigenvalue weighted by Crippen LogP contribution is 2.05. The third-order valence-corrected chi connectivity index (χ3v) is 1.32. The van der Waals surface area contributed by atoms with Gasteiger partial charge in [0.1, 0.15) is 0 Å². The summed E-state index contributed by atoms with van der Waals surface area (Å²) in [5, 5.41) is 2.73. The molecule has 1 aliphatic rings. The van der Waals surface area contributed by atoms with E-state index in [9.17, 15) is 4.79 Å². The van der Waals surface area contributed by atoms with E-state index in [1.165, 1.54) is 0 Å². The molecule has 1 aliphatic heterocycles. The molecule has 0 aromatic heterocycles. The van der Waals surface area contributed by atoms with Gasteiger partial charge in [-0.3, -0.25) is 16.5 Å². The predicted molar refractivity (Wildman–Crippen MR) is 35.2 cm³/mol. The molecule has 0 aliphatic carbocycles. The molecule has 1 rings (SSSR count). The second-order valence-corrected chi connectivity index (χ2v) is 1.98. The highest BCUT2D eigenvalue weighted by atomic mass is 16.2. The maximum atomic E-state index is 10.5. The zero-order valence-electron chi connectivity index (χ0n) is 5.55. The van der Waals surface area contributed by atoms with Gasteiger partial charge in [0.25, 0.3) is 0 Å². The van der Waals surface area contributed by atoms with Crippen LogP contribution < -0.4 is 17.0 Å². The van der Waals surface area contributed by atoms with Crippen molar-refractivity contribution in [1.29, 1.82) is 0 Å². The zero-order chi connectivity index (χ0) is 7.28. The minimum Gasteiger partial charge on any atom is -0.356 e. The maximum Gasteiger partial charge on any atom is 0.222 e. The lowest BCUT2D eigenvalue weighted by molar-refractivity contribution is -0.121. The van der Waals surface area contributed by atoms with Crippen molar-refractivity contribution in [2.45, 2.75) is 13.3 Å². The van der Waals surface area contributed by atoms with Gasteiger partial charge in [-0.15, -0.1) is 0 Å². The highest BCUT2D eigenvalue weighted by molar-refractivity contribution is 5.80. The lowest BCUT2D eigenvalue weighted by Crippen LogP contribution is -2.16. The maximum absolute atomic E-state index is 10.5. The summed E-state index contributed by atoms with van der Waals surface area (Å²) in [4.78, 5) is 10.5. The molecule has 1 fully saturated rings. The largest absolute Gasteiger partial charge is 0.356 e. The quantitative estimate of drug-likeness (QED) is 0.290. The second-order valence-electron chi connectivity index (χ2n) is 1.98. The lowest BCUT2D eigenvalue weighted by Gasteiger charge is -1.90. The van der Waals surface area contributed by atoms with Crippen LogP contribution in [0.1, 0.15) is 13.3 Å². The Labute approximate surface area is 54.6 Å². The first-order valence-electron chi connectivity index (χ1n) is 2.92. The number of carbonyl (C=O) groups excluding carboxylic acids is 1. The molecular weight excluding hydrogens is 118 g/mol. The monoisotopic (exact) mass is 131 g/mol. The Morgan fingerprint density at radius 2 is 2.22 bits per heavy atom. The molecule has 1 heterocycles. The summed E-state index contributed by atoms with van der Waals surface area (Å²) >= 11 is 0. The topological polar surface area (TPSA) is 81.1 Å². The van der Waals surface area contributed by atoms with E-state index in [0.717, 1.165) is 13.0 Å². The van der Waals surface area contributed by atoms with Gasteiger partial charge in [-0.25, -0.2) is 0 Å². The van der Waals surface area contributed by atoms with Crippen molar-refractivity contribution in [2.24, 2.45) is 17.6 Å². The molecule has 0 spiro atoms. The van der Waals surface area contributed by atoms with Gasteiger partial charge in [0.15, 0.2) is 0 Å². The Bertz CT molecular complexity index is 94.2. The molecule has 4 nitrogen and oxygen atoms in total. The number of carbonyl (C=O) groups is 1. The van der Waals surface area contributed by atoms with Gasteiger partial charge in [-0.1, -0.05) is 6.92 Å². The minimum atomic E-state index is 0.208. The summed E-state index contributed by atoms with van der Waals surface area (Å²) in [7, 11) is 0. The van der Waals surface area contributed by atoms with Crippen molar-refractivity contribution in [3.63, 3.8) is 0 Å². The van der Waals surface area contributed by atoms with Gasteiger partial charge >= 0.3 is 0 Å². The van der Waals surface area contributed by atoms with E-state index in [0.29, 0.717) is 0 Å². The third-order valence-electron chi connectivity index (χ3n) is 1.32. The summed E-state index contributed by atoms with van der Waals surface area (Å²) < 4.78 is 0. The van der Waals surface area contributed by atoms with Crippen molar-refractivity contribution in [2.75, 3.05) is 6.54 Å². The van der Waals surface area contributed by atoms with Gasteiger partial charge in [0, 0.05) is 12.5 Å². The van der Waals surface area contributed by atoms with Gasteiger partial charge < -0.3 is 5.32 Å². The van der Waals surface area contributed by atoms with Crippen LogP contribution in [-0.2, 0) is 4.79 Å². The molecule has 1 amide bonds. The van der Waals surface area contributed by atoms with Crippen LogP contribution in [0.3, 0.4) is 0 Å². The van der Waals surface area contributed by atoms with Gasteiger partial charge in [-0.05, 0) is 6.42 Å². The molecule has 0 saturated carbocycles. The Morgan fingerprint density at radius 3 is 2.33 bits per heavy atom. The molecule has 4 heteroatoms. The van der Waals surface area contributed by atoms with Gasteiger partial charge in [-0.2, -0.15) is 0 Å². The molecule has 1 saturated heterocycles. The third kappa shape index (κ3) is 2.43. The van der Waals surface area contributed by atoms with E-state index in [2.05, 4.69) is 17.0 Å². The number of nitrogens with two attached hydrogens (primary N) is 2. The SMILES string of the molecule is CC1CCNC1=O.NN. The molecular formula is C5H13N3O. The van der Waals surface area contributed by atoms with Crippen LogP contribution in [0.2, 0.25) is 0 Å². The van der Waals surface area contributed by atoms with Crippen LogP contribution in [0.25, 0.3) is 0 Å². The zero-order valence-corrected chi connectivity index (χ0v) is 5.55. The first-order valence-corrected chi connectivity index (χ1v) is 2.92. The molecule has 1 atom stereocenters. The van der Waals surface area contributed by atoms with E-state index >= 15 is 0 Å². The Balaban J connectivity index is 0.000000291. The van der Waals surface area contributed by atoms with Crippen LogP contribution >= 0.6 is 0 Å². The van der Waals surface area contributed by atoms with E-state index in [4.69, 9.17) is 0 Å². The molecule has 54 valence electrons. The van der Waals surface area contributed by atoms with Crippen LogP contribution in [-0.4, -0.2) is 12.5 Å². The summed E-state index contributed by atoms with van der Waals surface area (Å²) in [5.41, 5.74) is 0. The number of hydrogen-bond donors (Lipinski definition) is 3. The minimum absolute atomic E-state index is 0.208. The van der Waals surface area contributed by atoms with Crippen molar-refractivity contribution >= 4 is 5.91 Å². The fraction of sp³-hybridized carbons (Fsp3) is 0.800. The molecule has 0 aromatic rings. The molecule has 0 radical (unpaired) electrons. The summed E-state index contributed by atoms with van der Waals surface area (Å²) in [6.07, 6.45) is 1.01. The number of rotatable bonds is 0. The smallest absolute Gasteiger partial charge is 0.222 e. The first kappa shape index (κ1) is 8.39. The van der Waals surface area contributed by atoms with Crippen molar-refractivity contribution in [3.05, 3.63) is 0 Å². The lowest BCUT2D eigenvalue weighted by atomic mass is 10.1. The average Bonchev–Trinajstić information content (AvgIpc) is 2.23. The number of hydrogen-bond acceptors (Lipinski definition) is 3. The van der Waals surface area contributed by atoms with E-state index in [1.807, 2.05) is 6.92 Å². The van der Waals surface area contributed by atoms with E-state index in [-0.39, 0.29) is 11.8 Å². The van der Waals surface area contributed by atoms with Crippen LogP contribution in [0.5, 0.6) is 0 Å². The van der Waals surface area contributed by atoms with Crippen molar-refractivity contribution < 1.29 is 4.79 Å². The van der Waals surface area contributed by atoms with Gasteiger partial charge in [0.05, 0.1) is 0 Å².